The van der Waals surface area contributed by atoms with Crippen LogP contribution in [-0.2, 0) is 16.1 Å². The number of halogens is 1. The van der Waals surface area contributed by atoms with E-state index < -0.39 is 24.0 Å². The second kappa shape index (κ2) is 9.31. The highest BCUT2D eigenvalue weighted by Gasteiger charge is 2.34. The first-order valence-electron chi connectivity index (χ1n) is 10.0. The van der Waals surface area contributed by atoms with Gasteiger partial charge in [-0.25, -0.2) is 4.79 Å². The highest BCUT2D eigenvalue weighted by atomic mass is 35.5. The molecule has 1 fully saturated rings. The molecule has 0 spiro atoms. The van der Waals surface area contributed by atoms with Gasteiger partial charge in [0.05, 0.1) is 24.0 Å². The van der Waals surface area contributed by atoms with Gasteiger partial charge in [0.25, 0.3) is 5.91 Å². The second-order valence-corrected chi connectivity index (χ2v) is 8.08. The lowest BCUT2D eigenvalue weighted by molar-refractivity contribution is -0.125. The van der Waals surface area contributed by atoms with Crippen molar-refractivity contribution >= 4 is 23.5 Å². The zero-order valence-electron chi connectivity index (χ0n) is 17.2. The van der Waals surface area contributed by atoms with Crippen molar-refractivity contribution in [1.29, 1.82) is 5.26 Å². The molecule has 0 unspecified atom stereocenters. The smallest absolute Gasteiger partial charge is 0.342 e. The number of nitrogens with zero attached hydrogens (tertiary/aromatic N) is 3. The van der Waals surface area contributed by atoms with Crippen molar-refractivity contribution in [1.82, 2.24) is 15.1 Å². The third kappa shape index (κ3) is 4.82. The van der Waals surface area contributed by atoms with Gasteiger partial charge in [0.15, 0.2) is 6.61 Å². The molecule has 1 N–H and O–H groups in total. The highest BCUT2D eigenvalue weighted by Crippen LogP contribution is 2.27. The summed E-state index contributed by atoms with van der Waals surface area (Å²) in [6.45, 7) is 3.49. The van der Waals surface area contributed by atoms with Gasteiger partial charge >= 0.3 is 5.97 Å². The molecule has 0 bridgehead atoms. The van der Waals surface area contributed by atoms with Crippen LogP contribution in [0.4, 0.5) is 0 Å². The Bertz CT molecular complexity index is 987. The van der Waals surface area contributed by atoms with Gasteiger partial charge in [0, 0.05) is 5.02 Å². The monoisotopic (exact) mass is 428 g/mol. The van der Waals surface area contributed by atoms with Crippen molar-refractivity contribution in [2.24, 2.45) is 0 Å². The first kappa shape index (κ1) is 21.8. The molecule has 0 aliphatic heterocycles. The van der Waals surface area contributed by atoms with E-state index in [2.05, 4.69) is 16.5 Å². The standard InChI is InChI=1S/C22H25ClN4O3/c1-15-20(16(2)27(26-15)12-17-8-4-5-9-18(17)23)21(29)30-13-19(28)25-22(14-24)10-6-3-7-11-22/h4-5,8-9H,3,6-7,10-13H2,1-2H3,(H,25,28). The number of amides is 1. The number of benzene rings is 1. The van der Waals surface area contributed by atoms with Crippen molar-refractivity contribution in [3.05, 3.63) is 51.8 Å². The molecule has 30 heavy (non-hydrogen) atoms. The Kier molecular flexibility index (Phi) is 6.78. The molecule has 158 valence electrons. The Labute approximate surface area is 181 Å². The maximum absolute atomic E-state index is 12.6. The summed E-state index contributed by atoms with van der Waals surface area (Å²) in [6.07, 6.45) is 4.10. The first-order valence-corrected chi connectivity index (χ1v) is 10.4. The molecule has 1 amide bonds. The Hall–Kier alpha value is -2.85. The summed E-state index contributed by atoms with van der Waals surface area (Å²) in [5.41, 5.74) is 1.53. The fourth-order valence-corrected chi connectivity index (χ4v) is 4.06. The van der Waals surface area contributed by atoms with Crippen LogP contribution in [0.1, 0.15) is 59.4 Å². The lowest BCUT2D eigenvalue weighted by atomic mass is 9.83. The summed E-state index contributed by atoms with van der Waals surface area (Å²) in [6, 6.07) is 9.66. The molecule has 1 heterocycles. The lowest BCUT2D eigenvalue weighted by Crippen LogP contribution is -2.50. The van der Waals surface area contributed by atoms with Crippen molar-refractivity contribution in [2.45, 2.75) is 58.0 Å². The van der Waals surface area contributed by atoms with E-state index in [9.17, 15) is 14.9 Å². The minimum Gasteiger partial charge on any atom is -0.452 e. The predicted molar refractivity (Wildman–Crippen MR) is 112 cm³/mol. The highest BCUT2D eigenvalue weighted by molar-refractivity contribution is 6.31. The predicted octanol–water partition coefficient (Wildman–Crippen LogP) is 3.70. The van der Waals surface area contributed by atoms with Gasteiger partial charge in [0.1, 0.15) is 11.1 Å². The molecule has 0 atom stereocenters. The maximum atomic E-state index is 12.6. The third-order valence-electron chi connectivity index (χ3n) is 5.50. The SMILES string of the molecule is Cc1nn(Cc2ccccc2Cl)c(C)c1C(=O)OCC(=O)NC1(C#N)CCCCC1. The Balaban J connectivity index is 1.64. The number of nitriles is 1. The summed E-state index contributed by atoms with van der Waals surface area (Å²) in [5.74, 6) is -1.08. The van der Waals surface area contributed by atoms with E-state index in [1.165, 1.54) is 0 Å². The van der Waals surface area contributed by atoms with Crippen LogP contribution in [0, 0.1) is 25.2 Å². The van der Waals surface area contributed by atoms with Crippen LogP contribution in [0.15, 0.2) is 24.3 Å². The molecule has 1 aromatic heterocycles. The number of ether oxygens (including phenoxy) is 1. The number of nitrogens with one attached hydrogen (secondary N) is 1. The zero-order chi connectivity index (χ0) is 21.7. The van der Waals surface area contributed by atoms with Gasteiger partial charge in [-0.3, -0.25) is 9.48 Å². The zero-order valence-corrected chi connectivity index (χ0v) is 18.0. The molecule has 2 aromatic rings. The van der Waals surface area contributed by atoms with Gasteiger partial charge in [-0.2, -0.15) is 10.4 Å². The molecule has 8 heteroatoms. The van der Waals surface area contributed by atoms with Crippen LogP contribution in [0.25, 0.3) is 0 Å². The van der Waals surface area contributed by atoms with E-state index in [1.54, 1.807) is 24.6 Å². The van der Waals surface area contributed by atoms with Gasteiger partial charge in [-0.1, -0.05) is 49.1 Å². The molecule has 1 aliphatic carbocycles. The number of hydrogen-bond acceptors (Lipinski definition) is 5. The number of carbonyl (C=O) groups is 2. The minimum atomic E-state index is -0.854. The topological polar surface area (TPSA) is 97.0 Å². The Morgan fingerprint density at radius 1 is 1.27 bits per heavy atom. The number of hydrogen-bond donors (Lipinski definition) is 1. The van der Waals surface area contributed by atoms with Crippen LogP contribution >= 0.6 is 11.6 Å². The van der Waals surface area contributed by atoms with E-state index >= 15 is 0 Å². The summed E-state index contributed by atoms with van der Waals surface area (Å²) >= 11 is 6.22. The number of aromatic nitrogens is 2. The van der Waals surface area contributed by atoms with Crippen LogP contribution in [0.3, 0.4) is 0 Å². The molecule has 7 nitrogen and oxygen atoms in total. The Morgan fingerprint density at radius 2 is 1.97 bits per heavy atom. The van der Waals surface area contributed by atoms with Gasteiger partial charge in [-0.15, -0.1) is 0 Å². The van der Waals surface area contributed by atoms with Crippen molar-refractivity contribution < 1.29 is 14.3 Å². The summed E-state index contributed by atoms with van der Waals surface area (Å²) in [5, 5.41) is 17.3. The summed E-state index contributed by atoms with van der Waals surface area (Å²) in [4.78, 5) is 24.9. The number of carbonyl (C=O) groups excluding carboxylic acids is 2. The number of rotatable bonds is 6. The van der Waals surface area contributed by atoms with E-state index in [0.29, 0.717) is 41.4 Å². The average molecular weight is 429 g/mol. The van der Waals surface area contributed by atoms with Crippen LogP contribution in [0.5, 0.6) is 0 Å². The molecule has 0 radical (unpaired) electrons. The van der Waals surface area contributed by atoms with Crippen LogP contribution < -0.4 is 5.32 Å². The lowest BCUT2D eigenvalue weighted by Gasteiger charge is -2.31. The van der Waals surface area contributed by atoms with Gasteiger partial charge in [-0.05, 0) is 38.3 Å². The van der Waals surface area contributed by atoms with E-state index in [1.807, 2.05) is 18.2 Å². The van der Waals surface area contributed by atoms with Gasteiger partial charge < -0.3 is 10.1 Å². The molecular weight excluding hydrogens is 404 g/mol. The van der Waals surface area contributed by atoms with E-state index in [4.69, 9.17) is 16.3 Å². The minimum absolute atomic E-state index is 0.336. The summed E-state index contributed by atoms with van der Waals surface area (Å²) < 4.78 is 6.92. The van der Waals surface area contributed by atoms with E-state index in [0.717, 1.165) is 24.8 Å². The molecule has 1 saturated carbocycles. The van der Waals surface area contributed by atoms with Gasteiger partial charge in [0.2, 0.25) is 0 Å². The molecular formula is C22H25ClN4O3. The fraction of sp³-hybridized carbons (Fsp3) is 0.455. The van der Waals surface area contributed by atoms with Crippen LogP contribution in [0.2, 0.25) is 5.02 Å². The Morgan fingerprint density at radius 3 is 2.63 bits per heavy atom. The quantitative estimate of drug-likeness (QED) is 0.707. The largest absolute Gasteiger partial charge is 0.452 e. The first-order chi connectivity index (χ1) is 14.3. The molecule has 3 rings (SSSR count). The van der Waals surface area contributed by atoms with Crippen LogP contribution in [-0.4, -0.2) is 33.8 Å². The number of esters is 1. The fourth-order valence-electron chi connectivity index (χ4n) is 3.86. The second-order valence-electron chi connectivity index (χ2n) is 7.67. The number of aryl methyl sites for hydroxylation is 1. The van der Waals surface area contributed by atoms with Crippen molar-refractivity contribution in [3.8, 4) is 6.07 Å². The maximum Gasteiger partial charge on any atom is 0.342 e. The molecule has 0 saturated heterocycles. The molecule has 1 aliphatic rings. The van der Waals surface area contributed by atoms with E-state index in [-0.39, 0.29) is 0 Å². The third-order valence-corrected chi connectivity index (χ3v) is 5.87. The van der Waals surface area contributed by atoms with Crippen molar-refractivity contribution in [3.63, 3.8) is 0 Å². The average Bonchev–Trinajstić information content (AvgIpc) is 3.01. The van der Waals surface area contributed by atoms with Crippen molar-refractivity contribution in [2.75, 3.05) is 6.61 Å². The normalized spacial score (nSPS) is 15.3. The molecule has 1 aromatic carbocycles. The summed E-state index contributed by atoms with van der Waals surface area (Å²) in [7, 11) is 0.